The van der Waals surface area contributed by atoms with Crippen LogP contribution in [0.2, 0.25) is 0 Å². The monoisotopic (exact) mass is 596 g/mol. The summed E-state index contributed by atoms with van der Waals surface area (Å²) in [5, 5.41) is 25.8. The third-order valence-corrected chi connectivity index (χ3v) is 6.34. The zero-order chi connectivity index (χ0) is 26.9. The summed E-state index contributed by atoms with van der Waals surface area (Å²) in [5.41, 5.74) is 4.69. The van der Waals surface area contributed by atoms with E-state index in [-0.39, 0.29) is 28.5 Å². The van der Waals surface area contributed by atoms with E-state index < -0.39 is 4.92 Å². The van der Waals surface area contributed by atoms with Crippen LogP contribution in [0.15, 0.2) is 87.5 Å². The Balaban J connectivity index is 1.31. The molecule has 0 aliphatic heterocycles. The molecule has 3 aromatic carbocycles. The van der Waals surface area contributed by atoms with Gasteiger partial charge < -0.3 is 15.9 Å². The average molecular weight is 597 g/mol. The summed E-state index contributed by atoms with van der Waals surface area (Å²) < 4.78 is 8.09. The second-order valence-electron chi connectivity index (χ2n) is 7.65. The van der Waals surface area contributed by atoms with Crippen molar-refractivity contribution in [3.05, 3.63) is 98.5 Å². The number of nitrogens with zero attached hydrogens (tertiary/aromatic N) is 5. The summed E-state index contributed by atoms with van der Waals surface area (Å²) in [7, 11) is 0. The summed E-state index contributed by atoms with van der Waals surface area (Å²) in [5.74, 6) is 6.42. The Morgan fingerprint density at radius 1 is 1.16 bits per heavy atom. The molecule has 0 aliphatic rings. The van der Waals surface area contributed by atoms with Crippen LogP contribution in [-0.4, -0.2) is 37.7 Å². The summed E-state index contributed by atoms with van der Waals surface area (Å²) in [6.07, 6.45) is 1.57. The standard InChI is InChI=1S/C24H21BrN8O4S/c25-18-7-3-5-16(11-18)14-37-21-10-2-1-6-17(21)13-27-29-23-30-31-24(32(23)26)38-15-22(34)28-19-8-4-9-20(12-19)33(35)36/h1-13H,14-15,26H2,(H,28,34)(H,29,30)/b27-13+. The molecule has 14 heteroatoms. The van der Waals surface area contributed by atoms with E-state index in [1.807, 2.05) is 48.5 Å². The number of hydrogen-bond acceptors (Lipinski definition) is 10. The highest BCUT2D eigenvalue weighted by Gasteiger charge is 2.13. The molecule has 4 rings (SSSR count). The van der Waals surface area contributed by atoms with Gasteiger partial charge in [0.05, 0.1) is 16.9 Å². The van der Waals surface area contributed by atoms with Gasteiger partial charge in [0.1, 0.15) is 12.4 Å². The van der Waals surface area contributed by atoms with Crippen LogP contribution in [0.3, 0.4) is 0 Å². The van der Waals surface area contributed by atoms with Crippen LogP contribution in [-0.2, 0) is 11.4 Å². The number of para-hydroxylation sites is 1. The number of anilines is 2. The highest BCUT2D eigenvalue weighted by Crippen LogP contribution is 2.21. The molecule has 0 spiro atoms. The molecule has 38 heavy (non-hydrogen) atoms. The molecule has 0 bridgehead atoms. The number of rotatable bonds is 11. The first-order valence-electron chi connectivity index (χ1n) is 11.0. The number of thioether (sulfide) groups is 1. The van der Waals surface area contributed by atoms with Gasteiger partial charge in [-0.05, 0) is 35.9 Å². The number of benzene rings is 3. The molecule has 194 valence electrons. The Morgan fingerprint density at radius 2 is 1.97 bits per heavy atom. The molecule has 0 fully saturated rings. The number of ether oxygens (including phenoxy) is 1. The van der Waals surface area contributed by atoms with Crippen molar-refractivity contribution in [2.45, 2.75) is 11.8 Å². The summed E-state index contributed by atoms with van der Waals surface area (Å²) in [6.45, 7) is 0.393. The number of nitrogen functional groups attached to an aromatic ring is 1. The fourth-order valence-electron chi connectivity index (χ4n) is 3.14. The average Bonchev–Trinajstić information content (AvgIpc) is 3.26. The first-order valence-corrected chi connectivity index (χ1v) is 12.8. The topological polar surface area (TPSA) is 163 Å². The van der Waals surface area contributed by atoms with Gasteiger partial charge in [-0.25, -0.2) is 10.1 Å². The van der Waals surface area contributed by atoms with Crippen molar-refractivity contribution in [3.8, 4) is 5.75 Å². The molecule has 4 aromatic rings. The summed E-state index contributed by atoms with van der Waals surface area (Å²) >= 11 is 4.50. The molecule has 0 saturated heterocycles. The van der Waals surface area contributed by atoms with Crippen molar-refractivity contribution in [2.24, 2.45) is 5.10 Å². The second kappa shape index (κ2) is 12.7. The molecule has 1 amide bonds. The van der Waals surface area contributed by atoms with E-state index in [2.05, 4.69) is 42.0 Å². The van der Waals surface area contributed by atoms with Crippen LogP contribution >= 0.6 is 27.7 Å². The third kappa shape index (κ3) is 7.30. The summed E-state index contributed by atoms with van der Waals surface area (Å²) in [6, 6.07) is 21.0. The van der Waals surface area contributed by atoms with Gasteiger partial charge in [-0.3, -0.25) is 14.9 Å². The molecule has 1 aromatic heterocycles. The molecular weight excluding hydrogens is 576 g/mol. The number of nitrogens with one attached hydrogen (secondary N) is 2. The Morgan fingerprint density at radius 3 is 2.79 bits per heavy atom. The number of hydrazone groups is 1. The van der Waals surface area contributed by atoms with Crippen LogP contribution < -0.4 is 21.3 Å². The predicted octanol–water partition coefficient (Wildman–Crippen LogP) is 4.42. The molecule has 0 aliphatic carbocycles. The molecular formula is C24H21BrN8O4S. The normalized spacial score (nSPS) is 10.9. The van der Waals surface area contributed by atoms with Gasteiger partial charge >= 0.3 is 0 Å². The first kappa shape index (κ1) is 26.6. The van der Waals surface area contributed by atoms with E-state index in [0.717, 1.165) is 32.0 Å². The van der Waals surface area contributed by atoms with Gasteiger partial charge in [-0.2, -0.15) is 5.10 Å². The number of aromatic nitrogens is 3. The van der Waals surface area contributed by atoms with E-state index in [1.54, 1.807) is 12.3 Å². The number of halogens is 1. The number of non-ortho nitro benzene ring substituents is 1. The maximum atomic E-state index is 12.3. The number of hydrogen-bond donors (Lipinski definition) is 3. The Kier molecular flexibility index (Phi) is 8.89. The van der Waals surface area contributed by atoms with E-state index in [1.165, 1.54) is 18.2 Å². The molecule has 4 N–H and O–H groups in total. The number of nitrogens with two attached hydrogens (primary N) is 1. The molecule has 12 nitrogen and oxygen atoms in total. The lowest BCUT2D eigenvalue weighted by Gasteiger charge is -2.09. The van der Waals surface area contributed by atoms with Crippen molar-refractivity contribution < 1.29 is 14.5 Å². The van der Waals surface area contributed by atoms with Crippen molar-refractivity contribution in [1.29, 1.82) is 0 Å². The number of amides is 1. The molecule has 0 radical (unpaired) electrons. The Bertz CT molecular complexity index is 1480. The zero-order valence-electron chi connectivity index (χ0n) is 19.7. The van der Waals surface area contributed by atoms with E-state index in [0.29, 0.717) is 18.0 Å². The van der Waals surface area contributed by atoms with Gasteiger partial charge in [0.2, 0.25) is 11.1 Å². The number of nitro groups is 1. The third-order valence-electron chi connectivity index (χ3n) is 4.91. The van der Waals surface area contributed by atoms with E-state index in [4.69, 9.17) is 10.6 Å². The van der Waals surface area contributed by atoms with Crippen LogP contribution in [0.1, 0.15) is 11.1 Å². The SMILES string of the molecule is Nn1c(N/N=C/c2ccccc2OCc2cccc(Br)c2)nnc1SCC(=O)Nc1cccc([N+](=O)[O-])c1. The lowest BCUT2D eigenvalue weighted by Crippen LogP contribution is -2.17. The largest absolute Gasteiger partial charge is 0.488 e. The minimum Gasteiger partial charge on any atom is -0.488 e. The second-order valence-corrected chi connectivity index (χ2v) is 9.51. The maximum absolute atomic E-state index is 12.3. The Labute approximate surface area is 229 Å². The van der Waals surface area contributed by atoms with Crippen LogP contribution in [0.5, 0.6) is 5.75 Å². The lowest BCUT2D eigenvalue weighted by atomic mass is 10.2. The van der Waals surface area contributed by atoms with Crippen LogP contribution in [0.25, 0.3) is 0 Å². The predicted molar refractivity (Wildman–Crippen MR) is 149 cm³/mol. The number of carbonyl (C=O) groups excluding carboxylic acids is 1. The molecule has 1 heterocycles. The quantitative estimate of drug-likeness (QED) is 0.0747. The first-order chi connectivity index (χ1) is 18.4. The van der Waals surface area contributed by atoms with Gasteiger partial charge in [0.15, 0.2) is 0 Å². The fourth-order valence-corrected chi connectivity index (χ4v) is 4.25. The smallest absolute Gasteiger partial charge is 0.271 e. The van der Waals surface area contributed by atoms with Gasteiger partial charge in [0.25, 0.3) is 11.6 Å². The highest BCUT2D eigenvalue weighted by atomic mass is 79.9. The molecule has 0 atom stereocenters. The maximum Gasteiger partial charge on any atom is 0.271 e. The fraction of sp³-hybridized carbons (Fsp3) is 0.0833. The Hall–Kier alpha value is -4.43. The minimum atomic E-state index is -0.534. The van der Waals surface area contributed by atoms with Gasteiger partial charge in [-0.15, -0.1) is 10.2 Å². The lowest BCUT2D eigenvalue weighted by molar-refractivity contribution is -0.384. The molecule has 0 saturated carbocycles. The van der Waals surface area contributed by atoms with Crippen molar-refractivity contribution in [1.82, 2.24) is 14.9 Å². The number of nitro benzene ring substituents is 1. The van der Waals surface area contributed by atoms with Gasteiger partial charge in [0, 0.05) is 27.9 Å². The van der Waals surface area contributed by atoms with Gasteiger partial charge in [-0.1, -0.05) is 58.0 Å². The van der Waals surface area contributed by atoms with Crippen LogP contribution in [0.4, 0.5) is 17.3 Å². The van der Waals surface area contributed by atoms with Crippen molar-refractivity contribution >= 4 is 57.1 Å². The van der Waals surface area contributed by atoms with Crippen molar-refractivity contribution in [3.63, 3.8) is 0 Å². The molecule has 0 unspecified atom stereocenters. The van der Waals surface area contributed by atoms with E-state index >= 15 is 0 Å². The highest BCUT2D eigenvalue weighted by molar-refractivity contribution is 9.10. The van der Waals surface area contributed by atoms with Crippen LogP contribution in [0, 0.1) is 10.1 Å². The van der Waals surface area contributed by atoms with E-state index in [9.17, 15) is 14.9 Å². The number of carbonyl (C=O) groups is 1. The zero-order valence-corrected chi connectivity index (χ0v) is 22.1. The minimum absolute atomic E-state index is 0.0377. The summed E-state index contributed by atoms with van der Waals surface area (Å²) in [4.78, 5) is 22.6. The van der Waals surface area contributed by atoms with Crippen molar-refractivity contribution in [2.75, 3.05) is 22.3 Å².